The summed E-state index contributed by atoms with van der Waals surface area (Å²) in [6.45, 7) is 4.24. The van der Waals surface area contributed by atoms with Gasteiger partial charge in [0.2, 0.25) is 0 Å². The molecule has 0 aliphatic heterocycles. The summed E-state index contributed by atoms with van der Waals surface area (Å²) in [6.07, 6.45) is 5.50. The highest BCUT2D eigenvalue weighted by Gasteiger charge is 2.54. The maximum absolute atomic E-state index is 6.91. The number of ether oxygens (including phenoxy) is 1. The van der Waals surface area contributed by atoms with Crippen LogP contribution < -0.4 is 4.74 Å². The molecule has 2 fully saturated rings. The van der Waals surface area contributed by atoms with E-state index in [1.54, 1.807) is 7.11 Å². The van der Waals surface area contributed by atoms with Crippen molar-refractivity contribution in [3.05, 3.63) is 27.2 Å². The third kappa shape index (κ3) is 2.29. The first-order valence-corrected chi connectivity index (χ1v) is 8.76. The van der Waals surface area contributed by atoms with Gasteiger partial charge < -0.3 is 4.74 Å². The zero-order valence-corrected chi connectivity index (χ0v) is 14.7. The SMILES string of the molecule is COc1c(C)cc(Br)c(C)c1C(Cl)C1C2CCCCC21. The van der Waals surface area contributed by atoms with Gasteiger partial charge in [-0.1, -0.05) is 28.8 Å². The van der Waals surface area contributed by atoms with Gasteiger partial charge in [-0.3, -0.25) is 0 Å². The maximum atomic E-state index is 6.91. The van der Waals surface area contributed by atoms with E-state index in [0.717, 1.165) is 27.6 Å². The number of hydrogen-bond acceptors (Lipinski definition) is 1. The topological polar surface area (TPSA) is 9.23 Å². The van der Waals surface area contributed by atoms with Crippen LogP contribution in [0.4, 0.5) is 0 Å². The van der Waals surface area contributed by atoms with Crippen LogP contribution in [0.25, 0.3) is 0 Å². The molecular weight excluding hydrogens is 336 g/mol. The Bertz CT molecular complexity index is 516. The van der Waals surface area contributed by atoms with Gasteiger partial charge in [0.15, 0.2) is 0 Å². The largest absolute Gasteiger partial charge is 0.496 e. The molecule has 20 heavy (non-hydrogen) atoms. The Kier molecular flexibility index (Phi) is 4.07. The Labute approximate surface area is 135 Å². The van der Waals surface area contributed by atoms with Crippen LogP contribution in [-0.4, -0.2) is 7.11 Å². The summed E-state index contributed by atoms with van der Waals surface area (Å²) in [5, 5.41) is 0.0919. The van der Waals surface area contributed by atoms with Crippen molar-refractivity contribution in [2.45, 2.75) is 44.9 Å². The minimum absolute atomic E-state index is 0.0919. The summed E-state index contributed by atoms with van der Waals surface area (Å²) < 4.78 is 6.80. The third-order valence-corrected chi connectivity index (χ3v) is 6.58. The van der Waals surface area contributed by atoms with Gasteiger partial charge in [-0.15, -0.1) is 11.6 Å². The fourth-order valence-corrected chi connectivity index (χ4v) is 5.35. The van der Waals surface area contributed by atoms with Crippen molar-refractivity contribution in [2.75, 3.05) is 7.11 Å². The van der Waals surface area contributed by atoms with Crippen molar-refractivity contribution in [2.24, 2.45) is 17.8 Å². The van der Waals surface area contributed by atoms with E-state index >= 15 is 0 Å². The summed E-state index contributed by atoms with van der Waals surface area (Å²) >= 11 is 10.6. The van der Waals surface area contributed by atoms with Gasteiger partial charge >= 0.3 is 0 Å². The average Bonchev–Trinajstić information content (AvgIpc) is 3.16. The van der Waals surface area contributed by atoms with Gasteiger partial charge in [-0.2, -0.15) is 0 Å². The van der Waals surface area contributed by atoms with E-state index in [2.05, 4.69) is 35.8 Å². The van der Waals surface area contributed by atoms with Gasteiger partial charge in [0, 0.05) is 10.0 Å². The fraction of sp³-hybridized carbons (Fsp3) is 0.647. The summed E-state index contributed by atoms with van der Waals surface area (Å²) in [5.41, 5.74) is 3.60. The summed E-state index contributed by atoms with van der Waals surface area (Å²) in [4.78, 5) is 0. The minimum Gasteiger partial charge on any atom is -0.496 e. The number of alkyl halides is 1. The van der Waals surface area contributed by atoms with E-state index in [4.69, 9.17) is 16.3 Å². The molecule has 0 heterocycles. The summed E-state index contributed by atoms with van der Waals surface area (Å²) in [7, 11) is 1.75. The van der Waals surface area contributed by atoms with Crippen molar-refractivity contribution >= 4 is 27.5 Å². The van der Waals surface area contributed by atoms with E-state index in [1.165, 1.54) is 36.8 Å². The molecule has 1 aromatic carbocycles. The molecule has 2 aliphatic carbocycles. The predicted molar refractivity (Wildman–Crippen MR) is 87.7 cm³/mol. The standard InChI is InChI=1S/C17H22BrClO/c1-9-8-13(18)10(2)14(17(9)20-3)16(19)15-11-6-4-5-7-12(11)15/h8,11-12,15-16H,4-7H2,1-3H3. The molecule has 0 saturated heterocycles. The van der Waals surface area contributed by atoms with E-state index in [-0.39, 0.29) is 5.38 Å². The lowest BCUT2D eigenvalue weighted by Crippen LogP contribution is -2.04. The third-order valence-electron chi connectivity index (χ3n) is 5.25. The molecule has 0 aromatic heterocycles. The molecule has 3 heteroatoms. The van der Waals surface area contributed by atoms with Gasteiger partial charge in [0.1, 0.15) is 5.75 Å². The van der Waals surface area contributed by atoms with Gasteiger partial charge in [-0.25, -0.2) is 0 Å². The van der Waals surface area contributed by atoms with Crippen LogP contribution in [0.15, 0.2) is 10.5 Å². The van der Waals surface area contributed by atoms with Crippen LogP contribution >= 0.6 is 27.5 Å². The number of halogens is 2. The van der Waals surface area contributed by atoms with Crippen LogP contribution in [0.1, 0.15) is 47.8 Å². The molecular formula is C17H22BrClO. The molecule has 1 nitrogen and oxygen atoms in total. The first kappa shape index (κ1) is 14.7. The lowest BCUT2D eigenvalue weighted by atomic mass is 9.97. The van der Waals surface area contributed by atoms with Crippen LogP contribution in [0.5, 0.6) is 5.75 Å². The van der Waals surface area contributed by atoms with E-state index < -0.39 is 0 Å². The lowest BCUT2D eigenvalue weighted by molar-refractivity contribution is 0.403. The Morgan fingerprint density at radius 3 is 2.40 bits per heavy atom. The van der Waals surface area contributed by atoms with Gasteiger partial charge in [-0.05, 0) is 61.6 Å². The Morgan fingerprint density at radius 2 is 1.85 bits per heavy atom. The second-order valence-corrected chi connectivity index (χ2v) is 7.66. The minimum atomic E-state index is 0.0919. The van der Waals surface area contributed by atoms with Crippen molar-refractivity contribution in [3.8, 4) is 5.75 Å². The number of hydrogen-bond donors (Lipinski definition) is 0. The molecule has 0 amide bonds. The monoisotopic (exact) mass is 356 g/mol. The highest BCUT2D eigenvalue weighted by molar-refractivity contribution is 9.10. The van der Waals surface area contributed by atoms with Crippen LogP contribution in [0, 0.1) is 31.6 Å². The van der Waals surface area contributed by atoms with Crippen LogP contribution in [0.2, 0.25) is 0 Å². The van der Waals surface area contributed by atoms with Crippen LogP contribution in [-0.2, 0) is 0 Å². The first-order chi connectivity index (χ1) is 9.56. The zero-order valence-electron chi connectivity index (χ0n) is 12.4. The van der Waals surface area contributed by atoms with Crippen molar-refractivity contribution < 1.29 is 4.74 Å². The molecule has 2 aliphatic rings. The molecule has 0 radical (unpaired) electrons. The normalized spacial score (nSPS) is 29.8. The summed E-state index contributed by atoms with van der Waals surface area (Å²) in [5.74, 6) is 3.35. The Balaban J connectivity index is 1.97. The quantitative estimate of drug-likeness (QED) is 0.622. The second kappa shape index (κ2) is 5.53. The van der Waals surface area contributed by atoms with Crippen molar-refractivity contribution in [1.82, 2.24) is 0 Å². The molecule has 110 valence electrons. The molecule has 3 rings (SSSR count). The smallest absolute Gasteiger partial charge is 0.126 e. The maximum Gasteiger partial charge on any atom is 0.126 e. The van der Waals surface area contributed by atoms with E-state index in [1.807, 2.05) is 0 Å². The number of fused-ring (bicyclic) bond motifs is 1. The number of aryl methyl sites for hydroxylation is 1. The molecule has 3 atom stereocenters. The molecule has 0 N–H and O–H groups in total. The second-order valence-electron chi connectivity index (χ2n) is 6.34. The Morgan fingerprint density at radius 1 is 1.25 bits per heavy atom. The highest BCUT2D eigenvalue weighted by Crippen LogP contribution is 2.63. The van der Waals surface area contributed by atoms with E-state index in [0.29, 0.717) is 5.92 Å². The molecule has 2 saturated carbocycles. The highest BCUT2D eigenvalue weighted by atomic mass is 79.9. The van der Waals surface area contributed by atoms with Gasteiger partial charge in [0.25, 0.3) is 0 Å². The Hall–Kier alpha value is -0.210. The fourth-order valence-electron chi connectivity index (χ4n) is 4.15. The molecule has 3 unspecified atom stereocenters. The molecule has 1 aromatic rings. The van der Waals surface area contributed by atoms with Crippen molar-refractivity contribution in [3.63, 3.8) is 0 Å². The van der Waals surface area contributed by atoms with Crippen LogP contribution in [0.3, 0.4) is 0 Å². The number of benzene rings is 1. The zero-order chi connectivity index (χ0) is 14.4. The number of rotatable bonds is 3. The molecule has 0 spiro atoms. The summed E-state index contributed by atoms with van der Waals surface area (Å²) in [6, 6.07) is 2.13. The predicted octanol–water partition coefficient (Wildman–Crippen LogP) is 5.79. The first-order valence-electron chi connectivity index (χ1n) is 7.54. The average molecular weight is 358 g/mol. The lowest BCUT2D eigenvalue weighted by Gasteiger charge is -2.20. The van der Waals surface area contributed by atoms with Gasteiger partial charge in [0.05, 0.1) is 12.5 Å². The van der Waals surface area contributed by atoms with E-state index in [9.17, 15) is 0 Å². The molecule has 0 bridgehead atoms. The van der Waals surface area contributed by atoms with Crippen molar-refractivity contribution in [1.29, 1.82) is 0 Å². The number of methoxy groups -OCH3 is 1.